The number of rotatable bonds is 4. The summed E-state index contributed by atoms with van der Waals surface area (Å²) in [6, 6.07) is 3.70. The Morgan fingerprint density at radius 2 is 2.05 bits per heavy atom. The minimum atomic E-state index is -0.439. The molecule has 1 aromatic carbocycles. The number of halogens is 3. The van der Waals surface area contributed by atoms with Gasteiger partial charge in [0.2, 0.25) is 0 Å². The lowest BCUT2D eigenvalue weighted by Gasteiger charge is -2.06. The van der Waals surface area contributed by atoms with Gasteiger partial charge in [-0.3, -0.25) is 4.68 Å². The largest absolute Gasteiger partial charge is 0.378 e. The lowest BCUT2D eigenvalue weighted by Crippen LogP contribution is -2.02. The summed E-state index contributed by atoms with van der Waals surface area (Å²) in [6.45, 7) is 4.26. The van der Waals surface area contributed by atoms with Crippen molar-refractivity contribution in [1.82, 2.24) is 9.78 Å². The van der Waals surface area contributed by atoms with Crippen LogP contribution in [-0.2, 0) is 6.54 Å². The van der Waals surface area contributed by atoms with Crippen molar-refractivity contribution in [3.8, 4) is 0 Å². The number of hydrogen-bond donors (Lipinski definition) is 1. The molecule has 0 amide bonds. The van der Waals surface area contributed by atoms with Crippen LogP contribution in [0.15, 0.2) is 30.6 Å². The molecule has 0 aliphatic rings. The molecule has 0 aliphatic carbocycles. The molecule has 1 aromatic heterocycles. The second-order valence-corrected chi connectivity index (χ2v) is 4.39. The molecule has 1 heterocycles. The number of benzene rings is 1. The van der Waals surface area contributed by atoms with Crippen LogP contribution in [0.25, 0.3) is 0 Å². The molecule has 0 radical (unpaired) electrons. The predicted molar refractivity (Wildman–Crippen MR) is 73.5 cm³/mol. The van der Waals surface area contributed by atoms with E-state index in [1.54, 1.807) is 10.9 Å². The first-order valence-electron chi connectivity index (χ1n) is 5.78. The Morgan fingerprint density at radius 3 is 2.68 bits per heavy atom. The van der Waals surface area contributed by atoms with Crippen LogP contribution < -0.4 is 5.32 Å². The van der Waals surface area contributed by atoms with Gasteiger partial charge in [0.25, 0.3) is 0 Å². The molecule has 19 heavy (non-hydrogen) atoms. The molecule has 104 valence electrons. The number of nitrogens with zero attached hydrogens (tertiary/aromatic N) is 2. The Kier molecular flexibility index (Phi) is 5.30. The second-order valence-electron chi connectivity index (χ2n) is 4.39. The molecule has 2 rings (SSSR count). The van der Waals surface area contributed by atoms with Crippen LogP contribution in [0, 0.1) is 11.6 Å². The summed E-state index contributed by atoms with van der Waals surface area (Å²) in [5.41, 5.74) is 1.08. The molecule has 3 nitrogen and oxygen atoms in total. The van der Waals surface area contributed by atoms with Crippen molar-refractivity contribution in [3.63, 3.8) is 0 Å². The molecule has 1 N–H and O–H groups in total. The van der Waals surface area contributed by atoms with Crippen LogP contribution in [0.5, 0.6) is 0 Å². The molecule has 0 atom stereocenters. The zero-order valence-corrected chi connectivity index (χ0v) is 11.5. The molecule has 0 fully saturated rings. The smallest absolute Gasteiger partial charge is 0.128 e. The Morgan fingerprint density at radius 1 is 1.32 bits per heavy atom. The quantitative estimate of drug-likeness (QED) is 0.927. The van der Waals surface area contributed by atoms with Crippen molar-refractivity contribution < 1.29 is 8.78 Å². The van der Waals surface area contributed by atoms with E-state index in [1.165, 1.54) is 6.07 Å². The van der Waals surface area contributed by atoms with E-state index in [9.17, 15) is 8.78 Å². The zero-order chi connectivity index (χ0) is 13.1. The van der Waals surface area contributed by atoms with Crippen LogP contribution in [0.3, 0.4) is 0 Å². The van der Waals surface area contributed by atoms with E-state index in [1.807, 2.05) is 20.0 Å². The second kappa shape index (κ2) is 6.52. The lowest BCUT2D eigenvalue weighted by atomic mass is 10.2. The molecule has 0 bridgehead atoms. The molecule has 0 unspecified atom stereocenters. The molecule has 0 spiro atoms. The molecule has 0 saturated heterocycles. The third-order valence-electron chi connectivity index (χ3n) is 2.62. The Hall–Kier alpha value is -1.62. The molecule has 2 aromatic rings. The number of hydrogen-bond acceptors (Lipinski definition) is 2. The van der Waals surface area contributed by atoms with Gasteiger partial charge in [-0.05, 0) is 32.0 Å². The third kappa shape index (κ3) is 3.92. The monoisotopic (exact) mass is 287 g/mol. The van der Waals surface area contributed by atoms with E-state index in [2.05, 4.69) is 10.4 Å². The fraction of sp³-hybridized carbons (Fsp3) is 0.308. The fourth-order valence-corrected chi connectivity index (χ4v) is 1.59. The van der Waals surface area contributed by atoms with E-state index in [0.717, 1.165) is 17.8 Å². The Bertz CT molecular complexity index is 540. The van der Waals surface area contributed by atoms with Crippen molar-refractivity contribution in [2.45, 2.75) is 26.4 Å². The number of anilines is 1. The van der Waals surface area contributed by atoms with Crippen LogP contribution in [-0.4, -0.2) is 9.78 Å². The van der Waals surface area contributed by atoms with Crippen molar-refractivity contribution in [1.29, 1.82) is 0 Å². The zero-order valence-electron chi connectivity index (χ0n) is 10.7. The van der Waals surface area contributed by atoms with E-state index in [-0.39, 0.29) is 25.0 Å². The van der Waals surface area contributed by atoms with Gasteiger partial charge in [-0.25, -0.2) is 8.78 Å². The van der Waals surface area contributed by atoms with E-state index >= 15 is 0 Å². The van der Waals surface area contributed by atoms with Gasteiger partial charge >= 0.3 is 0 Å². The summed E-state index contributed by atoms with van der Waals surface area (Å²) in [4.78, 5) is 0. The summed E-state index contributed by atoms with van der Waals surface area (Å²) in [5, 5.41) is 7.17. The van der Waals surface area contributed by atoms with Gasteiger partial charge in [-0.2, -0.15) is 5.10 Å². The summed E-state index contributed by atoms with van der Waals surface area (Å²) in [6.07, 6.45) is 3.50. The predicted octanol–water partition coefficient (Wildman–Crippen LogP) is 3.78. The number of nitrogens with one attached hydrogen (secondary N) is 1. The fourth-order valence-electron chi connectivity index (χ4n) is 1.59. The SMILES string of the molecule is CC(C)n1cc(NCc2cc(F)ccc2F)cn1.Cl. The van der Waals surface area contributed by atoms with Gasteiger partial charge in [-0.1, -0.05) is 0 Å². The maximum absolute atomic E-state index is 13.4. The highest BCUT2D eigenvalue weighted by Crippen LogP contribution is 2.14. The molecule has 0 saturated carbocycles. The summed E-state index contributed by atoms with van der Waals surface area (Å²) in [7, 11) is 0. The lowest BCUT2D eigenvalue weighted by molar-refractivity contribution is 0.532. The van der Waals surface area contributed by atoms with E-state index in [0.29, 0.717) is 5.56 Å². The van der Waals surface area contributed by atoms with Gasteiger partial charge in [0.05, 0.1) is 11.9 Å². The minimum absolute atomic E-state index is 0. The molecular weight excluding hydrogens is 272 g/mol. The number of aromatic nitrogens is 2. The summed E-state index contributed by atoms with van der Waals surface area (Å²) < 4.78 is 28.1. The van der Waals surface area contributed by atoms with Gasteiger partial charge < -0.3 is 5.32 Å². The Balaban J connectivity index is 0.00000180. The van der Waals surface area contributed by atoms with Crippen LogP contribution in [0.1, 0.15) is 25.5 Å². The van der Waals surface area contributed by atoms with Crippen LogP contribution in [0.2, 0.25) is 0 Å². The van der Waals surface area contributed by atoms with Crippen molar-refractivity contribution in [3.05, 3.63) is 47.8 Å². The highest BCUT2D eigenvalue weighted by molar-refractivity contribution is 5.85. The summed E-state index contributed by atoms with van der Waals surface area (Å²) >= 11 is 0. The average molecular weight is 288 g/mol. The first-order chi connectivity index (χ1) is 8.56. The first kappa shape index (κ1) is 15.4. The van der Waals surface area contributed by atoms with Gasteiger partial charge in [0, 0.05) is 24.3 Å². The van der Waals surface area contributed by atoms with Gasteiger partial charge in [0.1, 0.15) is 11.6 Å². The van der Waals surface area contributed by atoms with Crippen molar-refractivity contribution >= 4 is 18.1 Å². The standard InChI is InChI=1S/C13H15F2N3.ClH/c1-9(2)18-8-12(7-17-18)16-6-10-5-11(14)3-4-13(10)15;/h3-5,7-9,16H,6H2,1-2H3;1H. The first-order valence-corrected chi connectivity index (χ1v) is 5.78. The van der Waals surface area contributed by atoms with Crippen molar-refractivity contribution in [2.24, 2.45) is 0 Å². The van der Waals surface area contributed by atoms with Gasteiger partial charge in [0.15, 0.2) is 0 Å². The van der Waals surface area contributed by atoms with Gasteiger partial charge in [-0.15, -0.1) is 12.4 Å². The van der Waals surface area contributed by atoms with Crippen molar-refractivity contribution in [2.75, 3.05) is 5.32 Å². The summed E-state index contributed by atoms with van der Waals surface area (Å²) in [5.74, 6) is -0.855. The van der Waals surface area contributed by atoms with E-state index < -0.39 is 11.6 Å². The van der Waals surface area contributed by atoms with E-state index in [4.69, 9.17) is 0 Å². The highest BCUT2D eigenvalue weighted by atomic mass is 35.5. The highest BCUT2D eigenvalue weighted by Gasteiger charge is 2.05. The van der Waals surface area contributed by atoms with Crippen LogP contribution in [0.4, 0.5) is 14.5 Å². The normalized spacial score (nSPS) is 10.4. The Labute approximate surface area is 117 Å². The third-order valence-corrected chi connectivity index (χ3v) is 2.62. The molecule has 6 heteroatoms. The maximum Gasteiger partial charge on any atom is 0.128 e. The molecule has 0 aliphatic heterocycles. The topological polar surface area (TPSA) is 29.9 Å². The maximum atomic E-state index is 13.4. The minimum Gasteiger partial charge on any atom is -0.378 e. The molecular formula is C13H16ClF2N3. The van der Waals surface area contributed by atoms with Crippen LogP contribution >= 0.6 is 12.4 Å². The average Bonchev–Trinajstić information content (AvgIpc) is 2.79.